The number of H-pyrrole nitrogens is 1. The highest BCUT2D eigenvalue weighted by atomic mass is 19.1. The van der Waals surface area contributed by atoms with Gasteiger partial charge in [-0.25, -0.2) is 13.8 Å². The van der Waals surface area contributed by atoms with Crippen molar-refractivity contribution < 1.29 is 37.4 Å². The summed E-state index contributed by atoms with van der Waals surface area (Å²) in [6.07, 6.45) is 3.77. The molecule has 1 aliphatic carbocycles. The van der Waals surface area contributed by atoms with E-state index in [1.165, 1.54) is 38.3 Å². The van der Waals surface area contributed by atoms with Gasteiger partial charge in [0, 0.05) is 19.5 Å². The number of esters is 1. The van der Waals surface area contributed by atoms with Gasteiger partial charge in [0.15, 0.2) is 35.6 Å². The first kappa shape index (κ1) is 30.4. The van der Waals surface area contributed by atoms with Crippen molar-refractivity contribution in [3.63, 3.8) is 0 Å². The van der Waals surface area contributed by atoms with E-state index < -0.39 is 29.1 Å². The van der Waals surface area contributed by atoms with Crippen molar-refractivity contribution in [2.75, 3.05) is 20.3 Å². The van der Waals surface area contributed by atoms with E-state index >= 15 is 0 Å². The molecule has 1 fully saturated rings. The number of carbonyl (C=O) groups excluding carboxylic acids is 3. The second-order valence-corrected chi connectivity index (χ2v) is 10.0. The molecule has 3 aromatic rings. The Kier molecular flexibility index (Phi) is 10.0. The molecule has 0 atom stereocenters. The molecule has 0 saturated heterocycles. The molecule has 0 bridgehead atoms. The average molecular weight is 587 g/mol. The number of aromatic amines is 1. The quantitative estimate of drug-likeness (QED) is 0.290. The smallest absolute Gasteiger partial charge is 0.303 e. The Balaban J connectivity index is 1.33. The van der Waals surface area contributed by atoms with Gasteiger partial charge in [-0.1, -0.05) is 6.07 Å². The Hall–Kier alpha value is -4.55. The van der Waals surface area contributed by atoms with E-state index in [1.807, 2.05) is 0 Å². The van der Waals surface area contributed by atoms with Gasteiger partial charge in [-0.05, 0) is 67.9 Å². The Bertz CT molecular complexity index is 1520. The van der Waals surface area contributed by atoms with Crippen LogP contribution in [0.15, 0.2) is 35.1 Å². The summed E-state index contributed by atoms with van der Waals surface area (Å²) in [5.74, 6) is -2.98. The van der Waals surface area contributed by atoms with Crippen LogP contribution in [0.25, 0.3) is 10.9 Å². The molecule has 42 heavy (non-hydrogen) atoms. The summed E-state index contributed by atoms with van der Waals surface area (Å²) in [6, 6.07) is 6.56. The lowest BCUT2D eigenvalue weighted by Crippen LogP contribution is -2.39. The maximum absolute atomic E-state index is 14.7. The van der Waals surface area contributed by atoms with Gasteiger partial charge >= 0.3 is 5.97 Å². The summed E-state index contributed by atoms with van der Waals surface area (Å²) in [6.45, 7) is 1.13. The van der Waals surface area contributed by atoms with Crippen LogP contribution >= 0.6 is 0 Å². The van der Waals surface area contributed by atoms with Crippen molar-refractivity contribution in [3.8, 4) is 11.5 Å². The highest BCUT2D eigenvalue weighted by Gasteiger charge is 2.23. The summed E-state index contributed by atoms with van der Waals surface area (Å²) in [5.41, 5.74) is -0.0677. The van der Waals surface area contributed by atoms with Crippen LogP contribution in [0.4, 0.5) is 8.78 Å². The number of hydrogen-bond acceptors (Lipinski definition) is 8. The number of rotatable bonds is 11. The zero-order chi connectivity index (χ0) is 30.2. The zero-order valence-corrected chi connectivity index (χ0v) is 23.3. The maximum Gasteiger partial charge on any atom is 0.303 e. The first-order valence-electron chi connectivity index (χ1n) is 13.5. The van der Waals surface area contributed by atoms with Crippen LogP contribution in [-0.4, -0.2) is 54.1 Å². The number of ether oxygens (including phenoxy) is 3. The van der Waals surface area contributed by atoms with E-state index in [9.17, 15) is 28.0 Å². The Morgan fingerprint density at radius 2 is 1.81 bits per heavy atom. The van der Waals surface area contributed by atoms with E-state index in [-0.39, 0.29) is 65.9 Å². The standard InChI is InChI=1S/C29H32F2N4O7/c1-16(36)42-15-24(37)33-19-6-3-17(4-7-19)11-12-41-26-21(31)9-10-22-25(26)28(38)35-27(34-22)29(39)32-14-18-5-8-20(30)23(13-18)40-2/h5,8-10,13,17,19H,3-4,6-7,11-12,14-15H2,1-2H3,(H,32,39)(H,33,37)(H,34,35,38). The van der Waals surface area contributed by atoms with Crippen LogP contribution in [0.2, 0.25) is 0 Å². The predicted octanol–water partition coefficient (Wildman–Crippen LogP) is 3.15. The summed E-state index contributed by atoms with van der Waals surface area (Å²) < 4.78 is 43.7. The van der Waals surface area contributed by atoms with Gasteiger partial charge in [0.25, 0.3) is 17.4 Å². The highest BCUT2D eigenvalue weighted by Crippen LogP contribution is 2.29. The minimum absolute atomic E-state index is 0.00436. The summed E-state index contributed by atoms with van der Waals surface area (Å²) in [5, 5.41) is 5.35. The number of nitrogens with zero attached hydrogens (tertiary/aromatic N) is 1. The Morgan fingerprint density at radius 3 is 2.52 bits per heavy atom. The predicted molar refractivity (Wildman–Crippen MR) is 147 cm³/mol. The van der Waals surface area contributed by atoms with E-state index in [0.29, 0.717) is 12.0 Å². The lowest BCUT2D eigenvalue weighted by Gasteiger charge is -2.29. The van der Waals surface area contributed by atoms with E-state index in [2.05, 4.69) is 20.6 Å². The van der Waals surface area contributed by atoms with Gasteiger partial charge in [-0.15, -0.1) is 0 Å². The summed E-state index contributed by atoms with van der Waals surface area (Å²) >= 11 is 0. The fourth-order valence-electron chi connectivity index (χ4n) is 4.87. The lowest BCUT2D eigenvalue weighted by atomic mass is 9.84. The molecule has 0 radical (unpaired) electrons. The number of aromatic nitrogens is 2. The third kappa shape index (κ3) is 7.80. The van der Waals surface area contributed by atoms with E-state index in [4.69, 9.17) is 14.2 Å². The monoisotopic (exact) mass is 586 g/mol. The molecule has 0 spiro atoms. The van der Waals surface area contributed by atoms with Crippen LogP contribution in [-0.2, 0) is 20.9 Å². The molecule has 3 N–H and O–H groups in total. The number of nitrogens with one attached hydrogen (secondary N) is 3. The molecule has 2 amide bonds. The topological polar surface area (TPSA) is 149 Å². The van der Waals surface area contributed by atoms with Gasteiger partial charge in [0.05, 0.1) is 19.2 Å². The molecular formula is C29H32F2N4O7. The largest absolute Gasteiger partial charge is 0.494 e. The van der Waals surface area contributed by atoms with Gasteiger partial charge in [0.2, 0.25) is 0 Å². The van der Waals surface area contributed by atoms with Crippen molar-refractivity contribution in [2.24, 2.45) is 5.92 Å². The van der Waals surface area contributed by atoms with Crippen molar-refractivity contribution in [2.45, 2.75) is 51.6 Å². The lowest BCUT2D eigenvalue weighted by molar-refractivity contribution is -0.146. The molecule has 13 heteroatoms. The first-order chi connectivity index (χ1) is 20.1. The molecule has 2 aromatic carbocycles. The fraction of sp³-hybridized carbons (Fsp3) is 0.414. The Morgan fingerprint density at radius 1 is 1.07 bits per heavy atom. The van der Waals surface area contributed by atoms with Crippen LogP contribution < -0.4 is 25.7 Å². The molecule has 224 valence electrons. The minimum atomic E-state index is -0.729. The highest BCUT2D eigenvalue weighted by molar-refractivity contribution is 5.93. The third-order valence-electron chi connectivity index (χ3n) is 7.05. The zero-order valence-electron chi connectivity index (χ0n) is 23.3. The van der Waals surface area contributed by atoms with E-state index in [1.54, 1.807) is 0 Å². The fourth-order valence-corrected chi connectivity index (χ4v) is 4.87. The normalized spacial score (nSPS) is 16.5. The Labute approximate surface area is 239 Å². The van der Waals surface area contributed by atoms with Crippen molar-refractivity contribution >= 4 is 28.7 Å². The second-order valence-electron chi connectivity index (χ2n) is 10.0. The maximum atomic E-state index is 14.7. The van der Waals surface area contributed by atoms with Gasteiger partial charge < -0.3 is 29.8 Å². The number of fused-ring (bicyclic) bond motifs is 1. The molecule has 0 aliphatic heterocycles. The molecule has 0 unspecified atom stereocenters. The van der Waals surface area contributed by atoms with Crippen LogP contribution in [0, 0.1) is 17.6 Å². The minimum Gasteiger partial charge on any atom is -0.494 e. The van der Waals surface area contributed by atoms with Gasteiger partial charge in [0.1, 0.15) is 5.39 Å². The van der Waals surface area contributed by atoms with Crippen molar-refractivity contribution in [1.82, 2.24) is 20.6 Å². The molecule has 1 saturated carbocycles. The van der Waals surface area contributed by atoms with Crippen molar-refractivity contribution in [3.05, 3.63) is 63.7 Å². The third-order valence-corrected chi connectivity index (χ3v) is 7.05. The average Bonchev–Trinajstić information content (AvgIpc) is 2.97. The molecule has 11 nitrogen and oxygen atoms in total. The number of methoxy groups -OCH3 is 1. The number of hydrogen-bond donors (Lipinski definition) is 3. The molecule has 1 aliphatic rings. The number of halogens is 2. The summed E-state index contributed by atoms with van der Waals surface area (Å²) in [7, 11) is 1.33. The number of carbonyl (C=O) groups is 3. The molecular weight excluding hydrogens is 554 g/mol. The van der Waals surface area contributed by atoms with Crippen LogP contribution in [0.3, 0.4) is 0 Å². The second kappa shape index (κ2) is 13.9. The SMILES string of the molecule is COc1cc(CNC(=O)c2nc3ccc(F)c(OCCC4CCC(NC(=O)COC(C)=O)CC4)c3c(=O)[nH]2)ccc1F. The summed E-state index contributed by atoms with van der Waals surface area (Å²) in [4.78, 5) is 54.9. The molecule has 4 rings (SSSR count). The number of benzene rings is 2. The van der Waals surface area contributed by atoms with E-state index in [0.717, 1.165) is 31.7 Å². The van der Waals surface area contributed by atoms with Gasteiger partial charge in [-0.2, -0.15) is 0 Å². The van der Waals surface area contributed by atoms with Crippen LogP contribution in [0.1, 0.15) is 55.2 Å². The first-order valence-corrected chi connectivity index (χ1v) is 13.5. The number of amides is 2. The molecule has 1 heterocycles. The molecule has 1 aromatic heterocycles. The van der Waals surface area contributed by atoms with Crippen LogP contribution in [0.5, 0.6) is 11.5 Å². The van der Waals surface area contributed by atoms with Gasteiger partial charge in [-0.3, -0.25) is 19.2 Å². The van der Waals surface area contributed by atoms with Crippen molar-refractivity contribution in [1.29, 1.82) is 0 Å².